The Hall–Kier alpha value is -3.71. The van der Waals surface area contributed by atoms with Gasteiger partial charge in [0, 0.05) is 17.2 Å². The van der Waals surface area contributed by atoms with E-state index >= 15 is 0 Å². The molecule has 1 aromatic heterocycles. The highest BCUT2D eigenvalue weighted by molar-refractivity contribution is 6.02. The third kappa shape index (κ3) is 3.11. The summed E-state index contributed by atoms with van der Waals surface area (Å²) in [6, 6.07) is 33.3. The molecule has 0 aliphatic heterocycles. The molecule has 6 rings (SSSR count). The van der Waals surface area contributed by atoms with E-state index in [1.165, 1.54) is 55.3 Å². The summed E-state index contributed by atoms with van der Waals surface area (Å²) in [6.45, 7) is 9.20. The number of hydrogen-bond donors (Lipinski definition) is 0. The Labute approximate surface area is 202 Å². The van der Waals surface area contributed by atoms with E-state index in [0.717, 1.165) is 5.69 Å². The highest BCUT2D eigenvalue weighted by Gasteiger charge is 2.38. The van der Waals surface area contributed by atoms with Crippen molar-refractivity contribution in [3.05, 3.63) is 114 Å². The zero-order valence-electron chi connectivity index (χ0n) is 20.3. The topological polar surface area (TPSA) is 12.9 Å². The van der Waals surface area contributed by atoms with Gasteiger partial charge in [0.2, 0.25) is 0 Å². The minimum absolute atomic E-state index is 0.139. The second kappa shape index (κ2) is 7.67. The van der Waals surface area contributed by atoms with E-state index in [1.807, 2.05) is 6.20 Å². The van der Waals surface area contributed by atoms with Crippen LogP contribution in [0.4, 0.5) is 0 Å². The van der Waals surface area contributed by atoms with Crippen LogP contribution < -0.4 is 0 Å². The molecule has 0 atom stereocenters. The van der Waals surface area contributed by atoms with Crippen LogP contribution in [-0.4, -0.2) is 4.98 Å². The van der Waals surface area contributed by atoms with Crippen molar-refractivity contribution in [1.29, 1.82) is 0 Å². The van der Waals surface area contributed by atoms with Gasteiger partial charge in [-0.05, 0) is 79.9 Å². The molecule has 0 unspecified atom stereocenters. The number of nitrogens with zero attached hydrogens (tertiary/aromatic N) is 1. The van der Waals surface area contributed by atoms with Crippen molar-refractivity contribution in [3.8, 4) is 33.5 Å². The van der Waals surface area contributed by atoms with Gasteiger partial charge in [-0.1, -0.05) is 94.4 Å². The van der Waals surface area contributed by atoms with Crippen LogP contribution in [0.5, 0.6) is 0 Å². The normalized spacial score (nSPS) is 13.8. The molecule has 0 spiro atoms. The van der Waals surface area contributed by atoms with Crippen molar-refractivity contribution < 1.29 is 0 Å². The van der Waals surface area contributed by atoms with E-state index in [2.05, 4.69) is 119 Å². The summed E-state index contributed by atoms with van der Waals surface area (Å²) in [6.07, 6.45) is 1.98. The molecule has 0 bridgehead atoms. The first-order valence-corrected chi connectivity index (χ1v) is 12.2. The fraction of sp³-hybridized carbons (Fsp3) is 0.182. The van der Waals surface area contributed by atoms with Gasteiger partial charge in [-0.2, -0.15) is 0 Å². The fourth-order valence-electron chi connectivity index (χ4n) is 5.65. The predicted octanol–water partition coefficient (Wildman–Crippen LogP) is 9.00. The molecule has 0 fully saturated rings. The summed E-state index contributed by atoms with van der Waals surface area (Å²) >= 11 is 0. The molecule has 1 heteroatoms. The third-order valence-corrected chi connectivity index (χ3v) is 7.47. The number of hydrogen-bond acceptors (Lipinski definition) is 1. The molecule has 5 aromatic rings. The molecule has 0 saturated carbocycles. The van der Waals surface area contributed by atoms with Crippen LogP contribution in [0.25, 0.3) is 44.3 Å². The van der Waals surface area contributed by atoms with Crippen LogP contribution >= 0.6 is 0 Å². The van der Waals surface area contributed by atoms with Crippen LogP contribution in [0, 0.1) is 0 Å². The molecule has 1 aliphatic carbocycles. The van der Waals surface area contributed by atoms with Crippen molar-refractivity contribution in [2.75, 3.05) is 0 Å². The summed E-state index contributed by atoms with van der Waals surface area (Å²) in [5.74, 6) is 0.489. The lowest BCUT2D eigenvalue weighted by Crippen LogP contribution is -2.17. The number of fused-ring (bicyclic) bond motifs is 4. The maximum Gasteiger partial charge on any atom is 0.0749 e. The third-order valence-electron chi connectivity index (χ3n) is 7.47. The summed E-state index contributed by atoms with van der Waals surface area (Å²) < 4.78 is 0. The molecule has 4 aromatic carbocycles. The van der Waals surface area contributed by atoms with E-state index in [1.54, 1.807) is 0 Å². The number of pyridine rings is 1. The van der Waals surface area contributed by atoms with Crippen LogP contribution in [0.1, 0.15) is 50.3 Å². The number of rotatable bonds is 3. The second-order valence-electron chi connectivity index (χ2n) is 10.3. The maximum absolute atomic E-state index is 4.93. The van der Waals surface area contributed by atoms with Crippen molar-refractivity contribution >= 4 is 10.8 Å². The molecule has 0 amide bonds. The van der Waals surface area contributed by atoms with Gasteiger partial charge in [0.05, 0.1) is 5.69 Å². The van der Waals surface area contributed by atoms with Crippen molar-refractivity contribution in [1.82, 2.24) is 4.98 Å². The smallest absolute Gasteiger partial charge is 0.0749 e. The molecular weight excluding hydrogens is 410 g/mol. The van der Waals surface area contributed by atoms with E-state index in [9.17, 15) is 0 Å². The monoisotopic (exact) mass is 439 g/mol. The Kier molecular flexibility index (Phi) is 4.71. The van der Waals surface area contributed by atoms with Gasteiger partial charge >= 0.3 is 0 Å². The highest BCUT2D eigenvalue weighted by atomic mass is 14.7. The van der Waals surface area contributed by atoms with E-state index in [0.29, 0.717) is 5.92 Å². The van der Waals surface area contributed by atoms with Gasteiger partial charge in [-0.3, -0.25) is 4.98 Å². The first-order chi connectivity index (χ1) is 16.4. The summed E-state index contributed by atoms with van der Waals surface area (Å²) in [5, 5.41) is 2.59. The van der Waals surface area contributed by atoms with Gasteiger partial charge in [-0.15, -0.1) is 0 Å². The summed E-state index contributed by atoms with van der Waals surface area (Å²) in [4.78, 5) is 4.93. The lowest BCUT2D eigenvalue weighted by Gasteiger charge is -2.24. The van der Waals surface area contributed by atoms with Crippen molar-refractivity contribution in [3.63, 3.8) is 0 Å². The van der Waals surface area contributed by atoms with Crippen LogP contribution in [0.2, 0.25) is 0 Å². The zero-order valence-corrected chi connectivity index (χ0v) is 20.3. The Bertz CT molecular complexity index is 1540. The Morgan fingerprint density at radius 1 is 0.676 bits per heavy atom. The second-order valence-corrected chi connectivity index (χ2v) is 10.3. The van der Waals surface area contributed by atoms with Crippen LogP contribution in [-0.2, 0) is 5.41 Å². The molecule has 1 aliphatic rings. The van der Waals surface area contributed by atoms with Crippen molar-refractivity contribution in [2.45, 2.75) is 39.0 Å². The van der Waals surface area contributed by atoms with E-state index in [4.69, 9.17) is 4.98 Å². The quantitative estimate of drug-likeness (QED) is 0.273. The zero-order chi connectivity index (χ0) is 23.4. The molecule has 1 heterocycles. The Morgan fingerprint density at radius 3 is 2.24 bits per heavy atom. The predicted molar refractivity (Wildman–Crippen MR) is 144 cm³/mol. The average Bonchev–Trinajstić information content (AvgIpc) is 3.09. The minimum atomic E-state index is -0.139. The lowest BCUT2D eigenvalue weighted by atomic mass is 9.79. The fourth-order valence-corrected chi connectivity index (χ4v) is 5.65. The van der Waals surface area contributed by atoms with Gasteiger partial charge in [0.1, 0.15) is 0 Å². The first-order valence-electron chi connectivity index (χ1n) is 12.2. The van der Waals surface area contributed by atoms with Crippen LogP contribution in [0.15, 0.2) is 97.2 Å². The number of benzene rings is 4. The van der Waals surface area contributed by atoms with Gasteiger partial charge in [-0.25, -0.2) is 0 Å². The van der Waals surface area contributed by atoms with Gasteiger partial charge in [0.15, 0.2) is 0 Å². The Morgan fingerprint density at radius 2 is 1.44 bits per heavy atom. The van der Waals surface area contributed by atoms with E-state index in [-0.39, 0.29) is 5.41 Å². The molecule has 34 heavy (non-hydrogen) atoms. The molecule has 0 radical (unpaired) electrons. The summed E-state index contributed by atoms with van der Waals surface area (Å²) in [5.41, 5.74) is 11.4. The molecular formula is C33H29N. The molecule has 0 saturated heterocycles. The first kappa shape index (κ1) is 20.9. The average molecular weight is 440 g/mol. The maximum atomic E-state index is 4.93. The van der Waals surface area contributed by atoms with Gasteiger partial charge in [0.25, 0.3) is 0 Å². The van der Waals surface area contributed by atoms with E-state index < -0.39 is 0 Å². The highest BCUT2D eigenvalue weighted by Crippen LogP contribution is 2.53. The largest absolute Gasteiger partial charge is 0.256 e. The van der Waals surface area contributed by atoms with Crippen molar-refractivity contribution in [2.24, 2.45) is 0 Å². The standard InChI is InChI=1S/C33H29N/c1-21(2)23-12-8-14-25(18-23)32-31-27(16-17-34-32)29-19-24-13-9-15-26(22-10-6-5-7-11-22)28(24)20-30(29)33(31,3)4/h5-21H,1-4H3. The Balaban J connectivity index is 1.59. The minimum Gasteiger partial charge on any atom is -0.256 e. The lowest BCUT2D eigenvalue weighted by molar-refractivity contribution is 0.660. The molecule has 1 nitrogen and oxygen atoms in total. The molecule has 166 valence electrons. The molecule has 0 N–H and O–H groups in total. The number of aromatic nitrogens is 1. The summed E-state index contributed by atoms with van der Waals surface area (Å²) in [7, 11) is 0. The SMILES string of the molecule is CC(C)c1cccc(-c2nccc3c2C(C)(C)c2cc4c(-c5ccccc5)cccc4cc2-3)c1. The van der Waals surface area contributed by atoms with Gasteiger partial charge < -0.3 is 0 Å². The van der Waals surface area contributed by atoms with Crippen LogP contribution in [0.3, 0.4) is 0 Å².